The lowest BCUT2D eigenvalue weighted by atomic mass is 10.2. The van der Waals surface area contributed by atoms with Gasteiger partial charge in [0.25, 0.3) is 5.56 Å². The Morgan fingerprint density at radius 3 is 2.62 bits per heavy atom. The van der Waals surface area contributed by atoms with Crippen LogP contribution in [0.2, 0.25) is 0 Å². The van der Waals surface area contributed by atoms with E-state index in [1.54, 1.807) is 19.9 Å². The molecule has 3 aromatic rings. The van der Waals surface area contributed by atoms with E-state index in [-0.39, 0.29) is 30.9 Å². The molecule has 0 N–H and O–H groups in total. The van der Waals surface area contributed by atoms with E-state index >= 15 is 0 Å². The number of carbonyl (C=O) groups excluding carboxylic acids is 1. The number of imidazole rings is 1. The van der Waals surface area contributed by atoms with Gasteiger partial charge in [-0.3, -0.25) is 9.36 Å². The monoisotopic (exact) mass is 400 g/mol. The number of hydrogen-bond donors (Lipinski definition) is 0. The average molecular weight is 400 g/mol. The van der Waals surface area contributed by atoms with Crippen LogP contribution in [0, 0.1) is 6.92 Å². The second-order valence-electron chi connectivity index (χ2n) is 6.61. The summed E-state index contributed by atoms with van der Waals surface area (Å²) in [4.78, 5) is 43.0. The minimum Gasteiger partial charge on any atom is -0.464 e. The lowest BCUT2D eigenvalue weighted by molar-refractivity contribution is -0.146. The SMILES string of the molecule is CCOC(=O)[C@@H](C)n1cnc2c1c(=O)n(CCOC)c(=O)n2-c1ccccc1C. The molecule has 154 valence electrons. The molecule has 0 spiro atoms. The van der Waals surface area contributed by atoms with Gasteiger partial charge in [0, 0.05) is 7.11 Å². The zero-order chi connectivity index (χ0) is 21.1. The molecule has 3 rings (SSSR count). The number of methoxy groups -OCH3 is 1. The van der Waals surface area contributed by atoms with Gasteiger partial charge in [0.2, 0.25) is 0 Å². The van der Waals surface area contributed by atoms with Crippen molar-refractivity contribution in [3.63, 3.8) is 0 Å². The maximum atomic E-state index is 13.2. The second kappa shape index (κ2) is 8.44. The maximum absolute atomic E-state index is 13.2. The molecule has 1 atom stereocenters. The molecule has 29 heavy (non-hydrogen) atoms. The van der Waals surface area contributed by atoms with Gasteiger partial charge in [-0.1, -0.05) is 18.2 Å². The van der Waals surface area contributed by atoms with E-state index in [0.29, 0.717) is 5.69 Å². The minimum absolute atomic E-state index is 0.0783. The predicted molar refractivity (Wildman–Crippen MR) is 108 cm³/mol. The quantitative estimate of drug-likeness (QED) is 0.557. The summed E-state index contributed by atoms with van der Waals surface area (Å²) in [5, 5.41) is 0. The van der Waals surface area contributed by atoms with Crippen LogP contribution < -0.4 is 11.2 Å². The lowest BCUT2D eigenvalue weighted by Crippen LogP contribution is -2.41. The number of fused-ring (bicyclic) bond motifs is 1. The largest absolute Gasteiger partial charge is 0.464 e. The fourth-order valence-electron chi connectivity index (χ4n) is 3.23. The highest BCUT2D eigenvalue weighted by molar-refractivity contribution is 5.79. The molecule has 1 aromatic carbocycles. The second-order valence-corrected chi connectivity index (χ2v) is 6.61. The van der Waals surface area contributed by atoms with E-state index in [1.807, 2.05) is 25.1 Å². The van der Waals surface area contributed by atoms with Crippen LogP contribution in [-0.4, -0.2) is 45.0 Å². The number of benzene rings is 1. The summed E-state index contributed by atoms with van der Waals surface area (Å²) >= 11 is 0. The zero-order valence-corrected chi connectivity index (χ0v) is 16.9. The van der Waals surface area contributed by atoms with E-state index in [2.05, 4.69) is 4.98 Å². The third-order valence-electron chi connectivity index (χ3n) is 4.78. The third-order valence-corrected chi connectivity index (χ3v) is 4.78. The van der Waals surface area contributed by atoms with E-state index < -0.39 is 23.3 Å². The molecule has 0 saturated heterocycles. The van der Waals surface area contributed by atoms with Crippen molar-refractivity contribution in [2.45, 2.75) is 33.4 Å². The van der Waals surface area contributed by atoms with Crippen LogP contribution in [0.1, 0.15) is 25.5 Å². The van der Waals surface area contributed by atoms with E-state index in [1.165, 1.54) is 22.6 Å². The van der Waals surface area contributed by atoms with Gasteiger partial charge in [-0.05, 0) is 32.4 Å². The molecule has 0 bridgehead atoms. The number of rotatable bonds is 7. The normalized spacial score (nSPS) is 12.3. The topological polar surface area (TPSA) is 97.4 Å². The first-order valence-electron chi connectivity index (χ1n) is 9.36. The Kier molecular flexibility index (Phi) is 5.97. The Morgan fingerprint density at radius 2 is 1.97 bits per heavy atom. The molecule has 0 aliphatic carbocycles. The smallest absolute Gasteiger partial charge is 0.337 e. The van der Waals surface area contributed by atoms with Crippen molar-refractivity contribution >= 4 is 17.1 Å². The number of aromatic nitrogens is 4. The minimum atomic E-state index is -0.772. The fourth-order valence-corrected chi connectivity index (χ4v) is 3.23. The first kappa shape index (κ1) is 20.5. The van der Waals surface area contributed by atoms with Crippen molar-refractivity contribution in [3.05, 3.63) is 57.0 Å². The van der Waals surface area contributed by atoms with Crippen molar-refractivity contribution < 1.29 is 14.3 Å². The molecule has 0 aliphatic heterocycles. The summed E-state index contributed by atoms with van der Waals surface area (Å²) in [5.74, 6) is -0.483. The van der Waals surface area contributed by atoms with E-state index in [9.17, 15) is 14.4 Å². The van der Waals surface area contributed by atoms with E-state index in [4.69, 9.17) is 9.47 Å². The summed E-state index contributed by atoms with van der Waals surface area (Å²) in [5.41, 5.74) is 0.774. The van der Waals surface area contributed by atoms with Gasteiger partial charge in [-0.25, -0.2) is 19.1 Å². The van der Waals surface area contributed by atoms with Crippen LogP contribution in [0.3, 0.4) is 0 Å². The van der Waals surface area contributed by atoms with Crippen molar-refractivity contribution in [1.82, 2.24) is 18.7 Å². The molecule has 2 aromatic heterocycles. The average Bonchev–Trinajstić information content (AvgIpc) is 3.14. The summed E-state index contributed by atoms with van der Waals surface area (Å²) in [6.45, 7) is 5.70. The van der Waals surface area contributed by atoms with Crippen LogP contribution >= 0.6 is 0 Å². The molecule has 2 heterocycles. The highest BCUT2D eigenvalue weighted by Gasteiger charge is 2.25. The molecular weight excluding hydrogens is 376 g/mol. The Morgan fingerprint density at radius 1 is 1.24 bits per heavy atom. The molecule has 0 amide bonds. The molecule has 0 unspecified atom stereocenters. The van der Waals surface area contributed by atoms with Gasteiger partial charge in [0.1, 0.15) is 6.04 Å². The van der Waals surface area contributed by atoms with Gasteiger partial charge in [-0.15, -0.1) is 0 Å². The predicted octanol–water partition coefficient (Wildman–Crippen LogP) is 1.43. The highest BCUT2D eigenvalue weighted by atomic mass is 16.5. The van der Waals surface area contributed by atoms with Crippen LogP contribution in [0.4, 0.5) is 0 Å². The van der Waals surface area contributed by atoms with Gasteiger partial charge in [-0.2, -0.15) is 0 Å². The molecule has 0 radical (unpaired) electrons. The number of aryl methyl sites for hydroxylation is 1. The van der Waals surface area contributed by atoms with Crippen LogP contribution in [0.25, 0.3) is 16.9 Å². The molecule has 0 saturated carbocycles. The number of para-hydroxylation sites is 1. The number of carbonyl (C=O) groups is 1. The van der Waals surface area contributed by atoms with Crippen LogP contribution in [0.5, 0.6) is 0 Å². The Balaban J connectivity index is 2.37. The van der Waals surface area contributed by atoms with Crippen molar-refractivity contribution in [1.29, 1.82) is 0 Å². The first-order valence-corrected chi connectivity index (χ1v) is 9.36. The molecule has 9 heteroatoms. The Labute approximate surface area is 167 Å². The van der Waals surface area contributed by atoms with Crippen molar-refractivity contribution in [3.8, 4) is 5.69 Å². The standard InChI is InChI=1S/C20H24N4O5/c1-5-29-19(26)14(3)23-12-21-17-16(23)18(25)22(10-11-28-4)20(27)24(17)15-9-7-6-8-13(15)2/h6-9,12,14H,5,10-11H2,1-4H3/t14-/m1/s1. The summed E-state index contributed by atoms with van der Waals surface area (Å²) in [7, 11) is 1.50. The maximum Gasteiger partial charge on any atom is 0.337 e. The van der Waals surface area contributed by atoms with Crippen LogP contribution in [-0.2, 0) is 20.8 Å². The number of esters is 1. The highest BCUT2D eigenvalue weighted by Crippen LogP contribution is 2.19. The first-order chi connectivity index (χ1) is 13.9. The van der Waals surface area contributed by atoms with Gasteiger partial charge >= 0.3 is 11.7 Å². The summed E-state index contributed by atoms with van der Waals surface area (Å²) in [6.07, 6.45) is 1.39. The van der Waals surface area contributed by atoms with Crippen molar-refractivity contribution in [2.24, 2.45) is 0 Å². The van der Waals surface area contributed by atoms with Gasteiger partial charge < -0.3 is 14.0 Å². The Hall–Kier alpha value is -3.20. The molecular formula is C20H24N4O5. The lowest BCUT2D eigenvalue weighted by Gasteiger charge is -2.16. The summed E-state index contributed by atoms with van der Waals surface area (Å²) < 4.78 is 14.1. The van der Waals surface area contributed by atoms with Crippen LogP contribution in [0.15, 0.2) is 40.2 Å². The molecule has 0 aliphatic rings. The Bertz CT molecular complexity index is 1160. The van der Waals surface area contributed by atoms with E-state index in [0.717, 1.165) is 10.1 Å². The number of hydrogen-bond acceptors (Lipinski definition) is 6. The molecule has 0 fully saturated rings. The fraction of sp³-hybridized carbons (Fsp3) is 0.400. The third kappa shape index (κ3) is 3.61. The summed E-state index contributed by atoms with van der Waals surface area (Å²) in [6, 6.07) is 6.56. The van der Waals surface area contributed by atoms with Gasteiger partial charge in [0.05, 0.1) is 31.8 Å². The zero-order valence-electron chi connectivity index (χ0n) is 16.9. The number of nitrogens with zero attached hydrogens (tertiary/aromatic N) is 4. The molecule has 9 nitrogen and oxygen atoms in total. The number of ether oxygens (including phenoxy) is 2. The van der Waals surface area contributed by atoms with Gasteiger partial charge in [0.15, 0.2) is 11.2 Å². The van der Waals surface area contributed by atoms with Crippen molar-refractivity contribution in [2.75, 3.05) is 20.3 Å².